The van der Waals surface area contributed by atoms with Crippen LogP contribution < -0.4 is 10.6 Å². The minimum atomic E-state index is -0.360. The van der Waals surface area contributed by atoms with Crippen LogP contribution in [0.3, 0.4) is 0 Å². The molecule has 18 heavy (non-hydrogen) atoms. The van der Waals surface area contributed by atoms with Crippen LogP contribution in [0.15, 0.2) is 0 Å². The van der Waals surface area contributed by atoms with Gasteiger partial charge in [0.15, 0.2) is 0 Å². The van der Waals surface area contributed by atoms with Crippen molar-refractivity contribution in [3.05, 3.63) is 0 Å². The first-order valence-electron chi connectivity index (χ1n) is 6.80. The molecule has 2 amide bonds. The molecule has 1 rings (SSSR count). The third-order valence-corrected chi connectivity index (χ3v) is 3.49. The number of carbonyl (C=O) groups is 2. The Kier molecular flexibility index (Phi) is 5.59. The van der Waals surface area contributed by atoms with Crippen LogP contribution in [0.25, 0.3) is 0 Å². The van der Waals surface area contributed by atoms with Gasteiger partial charge in [-0.3, -0.25) is 9.59 Å². The van der Waals surface area contributed by atoms with Crippen molar-refractivity contribution in [2.45, 2.75) is 33.6 Å². The second-order valence-corrected chi connectivity index (χ2v) is 5.11. The van der Waals surface area contributed by atoms with Crippen LogP contribution in [0.1, 0.15) is 33.6 Å². The fraction of sp³-hybridized carbons (Fsp3) is 0.846. The van der Waals surface area contributed by atoms with E-state index in [9.17, 15) is 9.59 Å². The Morgan fingerprint density at radius 3 is 2.61 bits per heavy atom. The monoisotopic (exact) mass is 255 g/mol. The molecule has 1 unspecified atom stereocenters. The van der Waals surface area contributed by atoms with Crippen LogP contribution in [-0.2, 0) is 9.59 Å². The number of amides is 2. The minimum Gasteiger partial charge on any atom is -0.355 e. The van der Waals surface area contributed by atoms with Crippen molar-refractivity contribution in [1.29, 1.82) is 0 Å². The summed E-state index contributed by atoms with van der Waals surface area (Å²) in [6.07, 6.45) is 1.91. The maximum absolute atomic E-state index is 12.5. The van der Waals surface area contributed by atoms with Crippen LogP contribution in [0.5, 0.6) is 0 Å². The average molecular weight is 255 g/mol. The van der Waals surface area contributed by atoms with E-state index in [0.717, 1.165) is 19.4 Å². The van der Waals surface area contributed by atoms with Crippen molar-refractivity contribution in [2.24, 2.45) is 5.41 Å². The molecular weight excluding hydrogens is 230 g/mol. The number of piperidine rings is 1. The molecule has 5 nitrogen and oxygen atoms in total. The average Bonchev–Trinajstić information content (AvgIpc) is 2.36. The molecule has 1 aliphatic rings. The Hall–Kier alpha value is -1.10. The van der Waals surface area contributed by atoms with E-state index >= 15 is 0 Å². The van der Waals surface area contributed by atoms with Gasteiger partial charge < -0.3 is 15.5 Å². The zero-order valence-electron chi connectivity index (χ0n) is 11.7. The number of nitrogens with zero attached hydrogens (tertiary/aromatic N) is 1. The highest BCUT2D eigenvalue weighted by Gasteiger charge is 2.37. The zero-order valence-corrected chi connectivity index (χ0v) is 11.7. The summed E-state index contributed by atoms with van der Waals surface area (Å²) >= 11 is 0. The molecule has 0 aromatic rings. The fourth-order valence-corrected chi connectivity index (χ4v) is 2.37. The van der Waals surface area contributed by atoms with E-state index in [1.165, 1.54) is 0 Å². The topological polar surface area (TPSA) is 61.4 Å². The molecule has 104 valence electrons. The molecule has 1 saturated heterocycles. The van der Waals surface area contributed by atoms with Gasteiger partial charge in [-0.1, -0.05) is 0 Å². The van der Waals surface area contributed by atoms with Crippen molar-refractivity contribution in [2.75, 3.05) is 32.7 Å². The summed E-state index contributed by atoms with van der Waals surface area (Å²) in [5.74, 6) is 0.00326. The molecule has 0 radical (unpaired) electrons. The van der Waals surface area contributed by atoms with Gasteiger partial charge in [0.25, 0.3) is 0 Å². The largest absolute Gasteiger partial charge is 0.355 e. The van der Waals surface area contributed by atoms with Gasteiger partial charge in [-0.25, -0.2) is 0 Å². The molecule has 0 saturated carbocycles. The number of nitrogens with one attached hydrogen (secondary N) is 2. The molecule has 0 spiro atoms. The van der Waals surface area contributed by atoms with Gasteiger partial charge in [-0.05, 0) is 40.2 Å². The van der Waals surface area contributed by atoms with E-state index in [-0.39, 0.29) is 23.8 Å². The first kappa shape index (κ1) is 15.0. The molecule has 0 aliphatic carbocycles. The predicted octanol–water partition coefficient (Wildman–Crippen LogP) is 0.361. The maximum atomic E-state index is 12.5. The minimum absolute atomic E-state index is 0.0833. The molecule has 0 aromatic carbocycles. The Morgan fingerprint density at radius 1 is 1.39 bits per heavy atom. The van der Waals surface area contributed by atoms with Gasteiger partial charge in [0.2, 0.25) is 11.8 Å². The SMILES string of the molecule is CCNC(=O)CN(CC)C(=O)C1(C)CCCNC1. The van der Waals surface area contributed by atoms with Crippen LogP contribution >= 0.6 is 0 Å². The van der Waals surface area contributed by atoms with Crippen LogP contribution in [0.4, 0.5) is 0 Å². The molecule has 1 fully saturated rings. The first-order valence-corrected chi connectivity index (χ1v) is 6.80. The highest BCUT2D eigenvalue weighted by atomic mass is 16.2. The van der Waals surface area contributed by atoms with Crippen molar-refractivity contribution >= 4 is 11.8 Å². The summed E-state index contributed by atoms with van der Waals surface area (Å²) in [7, 11) is 0. The molecule has 1 aliphatic heterocycles. The molecule has 5 heteroatoms. The lowest BCUT2D eigenvalue weighted by molar-refractivity contribution is -0.144. The quantitative estimate of drug-likeness (QED) is 0.746. The number of hydrogen-bond acceptors (Lipinski definition) is 3. The van der Waals surface area contributed by atoms with Crippen molar-refractivity contribution in [1.82, 2.24) is 15.5 Å². The molecule has 2 N–H and O–H groups in total. The Labute approximate surface area is 109 Å². The summed E-state index contributed by atoms with van der Waals surface area (Å²) in [6.45, 7) is 8.80. The molecular formula is C13H25N3O2. The number of rotatable bonds is 5. The van der Waals surface area contributed by atoms with Gasteiger partial charge in [0, 0.05) is 19.6 Å². The lowest BCUT2D eigenvalue weighted by Gasteiger charge is -2.36. The third-order valence-electron chi connectivity index (χ3n) is 3.49. The smallest absolute Gasteiger partial charge is 0.239 e. The van der Waals surface area contributed by atoms with E-state index < -0.39 is 0 Å². The number of carbonyl (C=O) groups excluding carboxylic acids is 2. The summed E-state index contributed by atoms with van der Waals surface area (Å²) in [4.78, 5) is 25.7. The van der Waals surface area contributed by atoms with Gasteiger partial charge in [0.1, 0.15) is 0 Å². The maximum Gasteiger partial charge on any atom is 0.239 e. The van der Waals surface area contributed by atoms with E-state index in [2.05, 4.69) is 10.6 Å². The van der Waals surface area contributed by atoms with Crippen LogP contribution in [-0.4, -0.2) is 49.4 Å². The van der Waals surface area contributed by atoms with Crippen molar-refractivity contribution in [3.8, 4) is 0 Å². The summed E-state index contributed by atoms with van der Waals surface area (Å²) < 4.78 is 0. The van der Waals surface area contributed by atoms with Gasteiger partial charge in [-0.15, -0.1) is 0 Å². The molecule has 0 bridgehead atoms. The second kappa shape index (κ2) is 6.73. The number of likely N-dealkylation sites (N-methyl/N-ethyl adjacent to an activating group) is 2. The summed E-state index contributed by atoms with van der Waals surface area (Å²) in [6, 6.07) is 0. The van der Waals surface area contributed by atoms with Crippen molar-refractivity contribution < 1.29 is 9.59 Å². The van der Waals surface area contributed by atoms with E-state index in [1.807, 2.05) is 20.8 Å². The van der Waals surface area contributed by atoms with Gasteiger partial charge in [0.05, 0.1) is 12.0 Å². The van der Waals surface area contributed by atoms with E-state index in [4.69, 9.17) is 0 Å². The highest BCUT2D eigenvalue weighted by Crippen LogP contribution is 2.27. The second-order valence-electron chi connectivity index (χ2n) is 5.11. The fourth-order valence-electron chi connectivity index (χ4n) is 2.37. The normalized spacial score (nSPS) is 23.5. The Bertz CT molecular complexity index is 299. The zero-order chi connectivity index (χ0) is 13.6. The standard InChI is InChI=1S/C13H25N3O2/c1-4-15-11(17)9-16(5-2)12(18)13(3)7-6-8-14-10-13/h14H,4-10H2,1-3H3,(H,15,17). The number of hydrogen-bond donors (Lipinski definition) is 2. The van der Waals surface area contributed by atoms with E-state index in [0.29, 0.717) is 19.6 Å². The molecule has 1 heterocycles. The Balaban J connectivity index is 2.63. The lowest BCUT2D eigenvalue weighted by atomic mass is 9.81. The van der Waals surface area contributed by atoms with Crippen molar-refractivity contribution in [3.63, 3.8) is 0 Å². The summed E-state index contributed by atoms with van der Waals surface area (Å²) in [5.41, 5.74) is -0.360. The van der Waals surface area contributed by atoms with E-state index in [1.54, 1.807) is 4.90 Å². The Morgan fingerprint density at radius 2 is 2.11 bits per heavy atom. The predicted molar refractivity (Wildman–Crippen MR) is 71.1 cm³/mol. The third kappa shape index (κ3) is 3.70. The van der Waals surface area contributed by atoms with Crippen LogP contribution in [0.2, 0.25) is 0 Å². The first-order chi connectivity index (χ1) is 8.53. The van der Waals surface area contributed by atoms with Gasteiger partial charge >= 0.3 is 0 Å². The lowest BCUT2D eigenvalue weighted by Crippen LogP contribution is -2.52. The molecule has 1 atom stereocenters. The summed E-state index contributed by atoms with van der Waals surface area (Å²) in [5, 5.41) is 6.00. The molecule has 0 aromatic heterocycles. The highest BCUT2D eigenvalue weighted by molar-refractivity contribution is 5.88. The van der Waals surface area contributed by atoms with Crippen LogP contribution in [0, 0.1) is 5.41 Å². The van der Waals surface area contributed by atoms with Gasteiger partial charge in [-0.2, -0.15) is 0 Å².